The van der Waals surface area contributed by atoms with Crippen LogP contribution in [0.5, 0.6) is 0 Å². The number of nitrogens with two attached hydrogens (primary N) is 1. The van der Waals surface area contributed by atoms with Gasteiger partial charge in [-0.15, -0.1) is 0 Å². The molecule has 1 aromatic rings. The smallest absolute Gasteiger partial charge is 0.261 e. The predicted molar refractivity (Wildman–Crippen MR) is 80.2 cm³/mol. The molecule has 2 aliphatic rings. The van der Waals surface area contributed by atoms with Crippen LogP contribution in [0.2, 0.25) is 0 Å². The number of hydrogen-bond acceptors (Lipinski definition) is 4. The maximum atomic E-state index is 12.2. The molecule has 1 unspecified atom stereocenters. The Bertz CT molecular complexity index is 594. The van der Waals surface area contributed by atoms with E-state index in [1.807, 2.05) is 4.90 Å². The topological polar surface area (TPSA) is 83.7 Å². The van der Waals surface area contributed by atoms with Crippen LogP contribution < -0.4 is 5.73 Å². The third-order valence-electron chi connectivity index (χ3n) is 4.40. The fraction of sp³-hybridized carbons (Fsp3) is 0.438. The molecular formula is C16H19N3O3. The van der Waals surface area contributed by atoms with Gasteiger partial charge in [0.2, 0.25) is 5.91 Å². The van der Waals surface area contributed by atoms with Crippen LogP contribution >= 0.6 is 0 Å². The SMILES string of the molecule is NC(=O)C1CCCN1CCCN1C(=O)c2ccccc2C1=O. The normalized spacial score (nSPS) is 21.5. The van der Waals surface area contributed by atoms with Crippen molar-refractivity contribution in [1.29, 1.82) is 0 Å². The van der Waals surface area contributed by atoms with Gasteiger partial charge in [-0.1, -0.05) is 12.1 Å². The molecule has 22 heavy (non-hydrogen) atoms. The highest BCUT2D eigenvalue weighted by molar-refractivity contribution is 6.21. The summed E-state index contributed by atoms with van der Waals surface area (Å²) in [6.45, 7) is 1.88. The first kappa shape index (κ1) is 14.7. The van der Waals surface area contributed by atoms with Crippen molar-refractivity contribution in [3.05, 3.63) is 35.4 Å². The van der Waals surface area contributed by atoms with Crippen molar-refractivity contribution in [1.82, 2.24) is 9.80 Å². The largest absolute Gasteiger partial charge is 0.368 e. The lowest BCUT2D eigenvalue weighted by Crippen LogP contribution is -2.41. The lowest BCUT2D eigenvalue weighted by atomic mass is 10.1. The summed E-state index contributed by atoms with van der Waals surface area (Å²) in [5, 5.41) is 0. The second-order valence-electron chi connectivity index (χ2n) is 5.76. The standard InChI is InChI=1S/C16H19N3O3/c17-14(20)13-7-3-8-18(13)9-4-10-19-15(21)11-5-1-2-6-12(11)16(19)22/h1-2,5-6,13H,3-4,7-10H2,(H2,17,20). The lowest BCUT2D eigenvalue weighted by molar-refractivity contribution is -0.122. The van der Waals surface area contributed by atoms with Crippen molar-refractivity contribution in [3.63, 3.8) is 0 Å². The number of nitrogens with zero attached hydrogens (tertiary/aromatic N) is 2. The molecule has 2 N–H and O–H groups in total. The van der Waals surface area contributed by atoms with E-state index in [9.17, 15) is 14.4 Å². The molecule has 0 radical (unpaired) electrons. The molecule has 2 aliphatic heterocycles. The second-order valence-corrected chi connectivity index (χ2v) is 5.76. The average molecular weight is 301 g/mol. The van der Waals surface area contributed by atoms with Gasteiger partial charge in [0.25, 0.3) is 11.8 Å². The maximum absolute atomic E-state index is 12.2. The third kappa shape index (κ3) is 2.50. The van der Waals surface area contributed by atoms with E-state index in [-0.39, 0.29) is 23.8 Å². The number of carbonyl (C=O) groups excluding carboxylic acids is 3. The summed E-state index contributed by atoms with van der Waals surface area (Å²) in [5.74, 6) is -0.750. The molecule has 116 valence electrons. The van der Waals surface area contributed by atoms with E-state index in [4.69, 9.17) is 5.73 Å². The van der Waals surface area contributed by atoms with Gasteiger partial charge in [0.05, 0.1) is 17.2 Å². The molecule has 3 amide bonds. The molecule has 0 saturated carbocycles. The van der Waals surface area contributed by atoms with E-state index >= 15 is 0 Å². The van der Waals surface area contributed by atoms with Gasteiger partial charge in [0.15, 0.2) is 0 Å². The van der Waals surface area contributed by atoms with E-state index < -0.39 is 0 Å². The molecule has 1 atom stereocenters. The molecular weight excluding hydrogens is 282 g/mol. The molecule has 1 saturated heterocycles. The van der Waals surface area contributed by atoms with Crippen molar-refractivity contribution < 1.29 is 14.4 Å². The van der Waals surface area contributed by atoms with Crippen molar-refractivity contribution in [2.45, 2.75) is 25.3 Å². The minimum atomic E-state index is -0.293. The minimum Gasteiger partial charge on any atom is -0.368 e. The van der Waals surface area contributed by atoms with Gasteiger partial charge in [-0.25, -0.2) is 0 Å². The predicted octanol–water partition coefficient (Wildman–Crippen LogP) is 0.622. The Labute approximate surface area is 128 Å². The lowest BCUT2D eigenvalue weighted by Gasteiger charge is -2.22. The zero-order chi connectivity index (χ0) is 15.7. The summed E-state index contributed by atoms with van der Waals surface area (Å²) >= 11 is 0. The second kappa shape index (κ2) is 5.88. The zero-order valence-electron chi connectivity index (χ0n) is 12.3. The van der Waals surface area contributed by atoms with E-state index in [0.717, 1.165) is 19.4 Å². The molecule has 0 spiro atoms. The van der Waals surface area contributed by atoms with Gasteiger partial charge in [-0.05, 0) is 37.9 Å². The molecule has 6 nitrogen and oxygen atoms in total. The fourth-order valence-corrected chi connectivity index (χ4v) is 3.29. The van der Waals surface area contributed by atoms with Crippen molar-refractivity contribution in [2.24, 2.45) is 5.73 Å². The number of rotatable bonds is 5. The number of likely N-dealkylation sites (tertiary alicyclic amines) is 1. The summed E-state index contributed by atoms with van der Waals surface area (Å²) in [5.41, 5.74) is 6.34. The summed E-state index contributed by atoms with van der Waals surface area (Å²) in [7, 11) is 0. The summed E-state index contributed by atoms with van der Waals surface area (Å²) in [4.78, 5) is 39.1. The number of hydrogen-bond donors (Lipinski definition) is 1. The molecule has 2 heterocycles. The van der Waals surface area contributed by atoms with E-state index in [1.165, 1.54) is 4.90 Å². The van der Waals surface area contributed by atoms with Crippen LogP contribution in [-0.2, 0) is 4.79 Å². The Kier molecular flexibility index (Phi) is 3.94. The first-order valence-electron chi connectivity index (χ1n) is 7.58. The van der Waals surface area contributed by atoms with Gasteiger partial charge < -0.3 is 5.73 Å². The quantitative estimate of drug-likeness (QED) is 0.808. The summed E-state index contributed by atoms with van der Waals surface area (Å²) < 4.78 is 0. The van der Waals surface area contributed by atoms with Crippen LogP contribution in [-0.4, -0.2) is 53.2 Å². The van der Waals surface area contributed by atoms with Gasteiger partial charge in [-0.2, -0.15) is 0 Å². The number of benzene rings is 1. The fourth-order valence-electron chi connectivity index (χ4n) is 3.29. The number of primary amides is 1. The Morgan fingerprint density at radius 1 is 1.14 bits per heavy atom. The first-order valence-corrected chi connectivity index (χ1v) is 7.58. The third-order valence-corrected chi connectivity index (χ3v) is 4.40. The Balaban J connectivity index is 1.58. The molecule has 0 aliphatic carbocycles. The Morgan fingerprint density at radius 2 is 1.77 bits per heavy atom. The maximum Gasteiger partial charge on any atom is 0.261 e. The van der Waals surface area contributed by atoms with Crippen molar-refractivity contribution in [3.8, 4) is 0 Å². The van der Waals surface area contributed by atoms with Gasteiger partial charge in [-0.3, -0.25) is 24.2 Å². The van der Waals surface area contributed by atoms with Crippen LogP contribution in [0.25, 0.3) is 0 Å². The van der Waals surface area contributed by atoms with Crippen LogP contribution in [0.4, 0.5) is 0 Å². The van der Waals surface area contributed by atoms with Crippen LogP contribution in [0, 0.1) is 0 Å². The van der Waals surface area contributed by atoms with Crippen molar-refractivity contribution in [2.75, 3.05) is 19.6 Å². The number of fused-ring (bicyclic) bond motifs is 1. The summed E-state index contributed by atoms with van der Waals surface area (Å²) in [6, 6.07) is 6.67. The minimum absolute atomic E-state index is 0.206. The summed E-state index contributed by atoms with van der Waals surface area (Å²) in [6.07, 6.45) is 2.40. The first-order chi connectivity index (χ1) is 10.6. The Morgan fingerprint density at radius 3 is 2.36 bits per heavy atom. The van der Waals surface area contributed by atoms with Gasteiger partial charge >= 0.3 is 0 Å². The van der Waals surface area contributed by atoms with E-state index in [0.29, 0.717) is 30.6 Å². The van der Waals surface area contributed by atoms with E-state index in [1.54, 1.807) is 24.3 Å². The van der Waals surface area contributed by atoms with Gasteiger partial charge in [0, 0.05) is 13.1 Å². The number of amides is 3. The van der Waals surface area contributed by atoms with Crippen LogP contribution in [0.15, 0.2) is 24.3 Å². The Hall–Kier alpha value is -2.21. The van der Waals surface area contributed by atoms with Crippen molar-refractivity contribution >= 4 is 17.7 Å². The molecule has 6 heteroatoms. The van der Waals surface area contributed by atoms with E-state index in [2.05, 4.69) is 0 Å². The van der Waals surface area contributed by atoms with Crippen LogP contribution in [0.1, 0.15) is 40.0 Å². The number of imide groups is 1. The molecule has 3 rings (SSSR count). The molecule has 1 aromatic carbocycles. The van der Waals surface area contributed by atoms with Crippen LogP contribution in [0.3, 0.4) is 0 Å². The number of carbonyl (C=O) groups is 3. The highest BCUT2D eigenvalue weighted by atomic mass is 16.2. The monoisotopic (exact) mass is 301 g/mol. The molecule has 1 fully saturated rings. The highest BCUT2D eigenvalue weighted by Crippen LogP contribution is 2.23. The molecule has 0 aromatic heterocycles. The van der Waals surface area contributed by atoms with Gasteiger partial charge in [0.1, 0.15) is 0 Å². The highest BCUT2D eigenvalue weighted by Gasteiger charge is 2.35. The zero-order valence-corrected chi connectivity index (χ0v) is 12.3. The molecule has 0 bridgehead atoms. The average Bonchev–Trinajstić information content (AvgIpc) is 3.07.